The van der Waals surface area contributed by atoms with Gasteiger partial charge in [-0.1, -0.05) is 13.8 Å². The molecule has 1 aromatic rings. The fraction of sp³-hybridized carbons (Fsp3) is 0.667. The Balaban J connectivity index is 1.73. The van der Waals surface area contributed by atoms with Gasteiger partial charge in [-0.25, -0.2) is 4.39 Å². The van der Waals surface area contributed by atoms with Crippen molar-refractivity contribution >= 4 is 11.8 Å². The molecule has 186 valence electrons. The van der Waals surface area contributed by atoms with Crippen LogP contribution in [-0.4, -0.2) is 37.5 Å². The summed E-state index contributed by atoms with van der Waals surface area (Å²) in [6.45, 7) is 4.45. The van der Waals surface area contributed by atoms with Crippen LogP contribution < -0.4 is 16.0 Å². The molecule has 0 unspecified atom stereocenters. The Kier molecular flexibility index (Phi) is 10.6. The van der Waals surface area contributed by atoms with E-state index in [9.17, 15) is 27.2 Å². The summed E-state index contributed by atoms with van der Waals surface area (Å²) < 4.78 is 51.9. The highest BCUT2D eigenvalue weighted by molar-refractivity contribution is 5.94. The van der Waals surface area contributed by atoms with E-state index in [1.807, 2.05) is 13.8 Å². The zero-order valence-corrected chi connectivity index (χ0v) is 19.4. The van der Waals surface area contributed by atoms with Crippen LogP contribution in [0.25, 0.3) is 0 Å². The molecular formula is C24H35F4N3O2. The molecule has 2 amide bonds. The van der Waals surface area contributed by atoms with E-state index >= 15 is 0 Å². The maximum atomic E-state index is 13.0. The first-order valence-corrected chi connectivity index (χ1v) is 11.7. The van der Waals surface area contributed by atoms with Gasteiger partial charge in [-0.05, 0) is 80.7 Å². The van der Waals surface area contributed by atoms with E-state index < -0.39 is 24.3 Å². The molecule has 2 rings (SSSR count). The molecule has 0 aliphatic heterocycles. The first-order chi connectivity index (χ1) is 15.7. The van der Waals surface area contributed by atoms with Crippen LogP contribution in [0.1, 0.15) is 73.9 Å². The predicted octanol–water partition coefficient (Wildman–Crippen LogP) is 4.61. The molecule has 1 saturated carbocycles. The van der Waals surface area contributed by atoms with Crippen molar-refractivity contribution < 1.29 is 27.2 Å². The summed E-state index contributed by atoms with van der Waals surface area (Å²) in [6.07, 6.45) is 0.881. The second-order valence-corrected chi connectivity index (χ2v) is 8.86. The minimum atomic E-state index is -4.64. The van der Waals surface area contributed by atoms with Crippen molar-refractivity contribution in [3.05, 3.63) is 34.9 Å². The van der Waals surface area contributed by atoms with Crippen molar-refractivity contribution in [3.8, 4) is 0 Å². The average molecular weight is 474 g/mol. The van der Waals surface area contributed by atoms with Gasteiger partial charge in [0.15, 0.2) is 0 Å². The SMILES string of the molecule is CCC(CC)NC(=O)CNCC1CCC(CNC(=O)c2cc(CF)cc(C(F)(F)F)c2)CC1. The number of hydrogen-bond donors (Lipinski definition) is 3. The van der Waals surface area contributed by atoms with Crippen molar-refractivity contribution in [3.63, 3.8) is 0 Å². The van der Waals surface area contributed by atoms with Crippen LogP contribution in [-0.2, 0) is 17.6 Å². The van der Waals surface area contributed by atoms with Gasteiger partial charge in [-0.2, -0.15) is 13.2 Å². The van der Waals surface area contributed by atoms with Gasteiger partial charge in [0.25, 0.3) is 5.91 Å². The van der Waals surface area contributed by atoms with Gasteiger partial charge in [-0.15, -0.1) is 0 Å². The number of carbonyl (C=O) groups is 2. The largest absolute Gasteiger partial charge is 0.416 e. The fourth-order valence-electron chi connectivity index (χ4n) is 4.20. The van der Waals surface area contributed by atoms with Crippen molar-refractivity contribution in [2.45, 2.75) is 71.3 Å². The molecule has 0 heterocycles. The van der Waals surface area contributed by atoms with Crippen LogP contribution in [0.5, 0.6) is 0 Å². The number of halogens is 4. The number of hydrogen-bond acceptors (Lipinski definition) is 3. The van der Waals surface area contributed by atoms with Crippen LogP contribution in [0.2, 0.25) is 0 Å². The molecule has 5 nitrogen and oxygen atoms in total. The Hall–Kier alpha value is -2.16. The van der Waals surface area contributed by atoms with Gasteiger partial charge >= 0.3 is 6.18 Å². The topological polar surface area (TPSA) is 70.2 Å². The minimum absolute atomic E-state index is 0.00519. The lowest BCUT2D eigenvalue weighted by Crippen LogP contribution is -2.41. The van der Waals surface area contributed by atoms with Gasteiger partial charge in [0.1, 0.15) is 6.67 Å². The first-order valence-electron chi connectivity index (χ1n) is 11.7. The normalized spacial score (nSPS) is 18.9. The van der Waals surface area contributed by atoms with Crippen molar-refractivity contribution in [1.82, 2.24) is 16.0 Å². The maximum Gasteiger partial charge on any atom is 0.416 e. The summed E-state index contributed by atoms with van der Waals surface area (Å²) in [5.74, 6) is 0.0805. The van der Waals surface area contributed by atoms with Gasteiger partial charge in [0.05, 0.1) is 12.1 Å². The lowest BCUT2D eigenvalue weighted by atomic mass is 9.82. The zero-order valence-electron chi connectivity index (χ0n) is 19.4. The summed E-state index contributed by atoms with van der Waals surface area (Å²) in [5.41, 5.74) is -1.37. The Bertz CT molecular complexity index is 773. The fourth-order valence-corrected chi connectivity index (χ4v) is 4.20. The van der Waals surface area contributed by atoms with Crippen LogP contribution in [0.3, 0.4) is 0 Å². The van der Waals surface area contributed by atoms with E-state index in [1.165, 1.54) is 0 Å². The Labute approximate surface area is 193 Å². The maximum absolute atomic E-state index is 13.0. The summed E-state index contributed by atoms with van der Waals surface area (Å²) in [6, 6.07) is 2.86. The molecule has 0 atom stereocenters. The molecule has 0 radical (unpaired) electrons. The predicted molar refractivity (Wildman–Crippen MR) is 119 cm³/mol. The van der Waals surface area contributed by atoms with Gasteiger partial charge in [0.2, 0.25) is 5.91 Å². The second kappa shape index (κ2) is 12.9. The number of benzene rings is 1. The first kappa shape index (κ1) is 27.1. The molecule has 1 aliphatic rings. The van der Waals surface area contributed by atoms with Crippen molar-refractivity contribution in [2.75, 3.05) is 19.6 Å². The van der Waals surface area contributed by atoms with E-state index in [1.54, 1.807) is 0 Å². The third-order valence-electron chi connectivity index (χ3n) is 6.32. The molecule has 0 bridgehead atoms. The third-order valence-corrected chi connectivity index (χ3v) is 6.32. The Morgan fingerprint density at radius 1 is 1.00 bits per heavy atom. The van der Waals surface area contributed by atoms with E-state index in [-0.39, 0.29) is 29.0 Å². The standard InChI is InChI=1S/C24H35F4N3O2/c1-3-21(4-2)31-22(32)15-29-13-16-5-7-17(8-6-16)14-30-23(33)19-9-18(12-25)10-20(11-19)24(26,27)28/h9-11,16-17,21,29H,3-8,12-15H2,1-2H3,(H,30,33)(H,31,32). The minimum Gasteiger partial charge on any atom is -0.352 e. The highest BCUT2D eigenvalue weighted by Gasteiger charge is 2.32. The number of carbonyl (C=O) groups excluding carboxylic acids is 2. The van der Waals surface area contributed by atoms with E-state index in [4.69, 9.17) is 0 Å². The van der Waals surface area contributed by atoms with Crippen LogP contribution in [0, 0.1) is 11.8 Å². The molecule has 3 N–H and O–H groups in total. The molecule has 0 saturated heterocycles. The van der Waals surface area contributed by atoms with Crippen molar-refractivity contribution in [2.24, 2.45) is 11.8 Å². The smallest absolute Gasteiger partial charge is 0.352 e. The lowest BCUT2D eigenvalue weighted by molar-refractivity contribution is -0.137. The highest BCUT2D eigenvalue weighted by Crippen LogP contribution is 2.31. The summed E-state index contributed by atoms with van der Waals surface area (Å²) in [7, 11) is 0. The quantitative estimate of drug-likeness (QED) is 0.411. The Morgan fingerprint density at radius 3 is 2.15 bits per heavy atom. The number of amides is 2. The molecule has 1 fully saturated rings. The summed E-state index contributed by atoms with van der Waals surface area (Å²) in [4.78, 5) is 24.3. The monoisotopic (exact) mass is 473 g/mol. The summed E-state index contributed by atoms with van der Waals surface area (Å²) in [5, 5.41) is 8.92. The van der Waals surface area contributed by atoms with E-state index in [0.29, 0.717) is 19.0 Å². The molecular weight excluding hydrogens is 438 g/mol. The summed E-state index contributed by atoms with van der Waals surface area (Å²) >= 11 is 0. The molecule has 9 heteroatoms. The lowest BCUT2D eigenvalue weighted by Gasteiger charge is -2.29. The second-order valence-electron chi connectivity index (χ2n) is 8.86. The molecule has 33 heavy (non-hydrogen) atoms. The molecule has 0 spiro atoms. The zero-order chi connectivity index (χ0) is 24.4. The third kappa shape index (κ3) is 8.95. The number of nitrogens with one attached hydrogen (secondary N) is 3. The van der Waals surface area contributed by atoms with Crippen LogP contribution in [0.4, 0.5) is 17.6 Å². The average Bonchev–Trinajstić information content (AvgIpc) is 2.80. The molecule has 0 aromatic heterocycles. The van der Waals surface area contributed by atoms with E-state index in [2.05, 4.69) is 16.0 Å². The van der Waals surface area contributed by atoms with Crippen LogP contribution >= 0.6 is 0 Å². The number of rotatable bonds is 11. The number of alkyl halides is 4. The van der Waals surface area contributed by atoms with Gasteiger partial charge in [0, 0.05) is 18.2 Å². The van der Waals surface area contributed by atoms with Gasteiger partial charge in [-0.3, -0.25) is 9.59 Å². The Morgan fingerprint density at radius 2 is 1.61 bits per heavy atom. The van der Waals surface area contributed by atoms with Gasteiger partial charge < -0.3 is 16.0 Å². The highest BCUT2D eigenvalue weighted by atomic mass is 19.4. The molecule has 1 aliphatic carbocycles. The van der Waals surface area contributed by atoms with E-state index in [0.717, 1.165) is 63.3 Å². The molecule has 1 aromatic carbocycles. The van der Waals surface area contributed by atoms with Crippen LogP contribution in [0.15, 0.2) is 18.2 Å². The van der Waals surface area contributed by atoms with Crippen molar-refractivity contribution in [1.29, 1.82) is 0 Å².